The van der Waals surface area contributed by atoms with E-state index >= 15 is 0 Å². The number of ether oxygens (including phenoxy) is 1. The van der Waals surface area contributed by atoms with E-state index < -0.39 is 5.41 Å². The first kappa shape index (κ1) is 21.0. The topological polar surface area (TPSA) is 61.9 Å². The highest BCUT2D eigenvalue weighted by molar-refractivity contribution is 6.07. The molecule has 2 amide bonds. The lowest BCUT2D eigenvalue weighted by Gasteiger charge is -2.36. The fourth-order valence-electron chi connectivity index (χ4n) is 5.86. The molecule has 168 valence electrons. The molecule has 2 saturated heterocycles. The van der Waals surface area contributed by atoms with Gasteiger partial charge in [-0.2, -0.15) is 0 Å². The minimum atomic E-state index is -0.772. The lowest BCUT2D eigenvalue weighted by molar-refractivity contribution is -0.134. The van der Waals surface area contributed by atoms with E-state index in [2.05, 4.69) is 17.3 Å². The Morgan fingerprint density at radius 2 is 1.91 bits per heavy atom. The Balaban J connectivity index is 1.53. The minimum Gasteiger partial charge on any atom is -0.497 e. The van der Waals surface area contributed by atoms with E-state index in [-0.39, 0.29) is 17.9 Å². The fraction of sp³-hybridized carbons (Fsp3) is 0.462. The quantitative estimate of drug-likeness (QED) is 0.801. The number of para-hydroxylation sites is 1. The molecule has 2 atom stereocenters. The van der Waals surface area contributed by atoms with Gasteiger partial charge in [0.2, 0.25) is 11.8 Å². The van der Waals surface area contributed by atoms with Crippen LogP contribution in [0.3, 0.4) is 0 Å². The fourth-order valence-corrected chi connectivity index (χ4v) is 5.86. The summed E-state index contributed by atoms with van der Waals surface area (Å²) in [5, 5.41) is 3.09. The molecule has 3 aliphatic rings. The normalized spacial score (nSPS) is 25.8. The summed E-state index contributed by atoms with van der Waals surface area (Å²) in [6, 6.07) is 15.4. The van der Waals surface area contributed by atoms with Crippen molar-refractivity contribution in [2.75, 3.05) is 39.1 Å². The van der Waals surface area contributed by atoms with Crippen molar-refractivity contribution in [3.8, 4) is 5.75 Å². The van der Waals surface area contributed by atoms with Crippen LogP contribution in [0.2, 0.25) is 0 Å². The van der Waals surface area contributed by atoms with Gasteiger partial charge >= 0.3 is 0 Å². The Hall–Kier alpha value is -2.86. The zero-order valence-electron chi connectivity index (χ0n) is 18.8. The van der Waals surface area contributed by atoms with Crippen molar-refractivity contribution in [1.82, 2.24) is 9.80 Å². The van der Waals surface area contributed by atoms with Crippen LogP contribution in [0.15, 0.2) is 48.5 Å². The summed E-state index contributed by atoms with van der Waals surface area (Å²) >= 11 is 0. The molecule has 0 bridgehead atoms. The zero-order valence-corrected chi connectivity index (χ0v) is 18.8. The van der Waals surface area contributed by atoms with E-state index in [0.717, 1.165) is 48.5 Å². The van der Waals surface area contributed by atoms with Crippen LogP contribution in [-0.2, 0) is 15.0 Å². The number of methoxy groups -OCH3 is 1. The number of nitrogens with zero attached hydrogens (tertiary/aromatic N) is 2. The van der Waals surface area contributed by atoms with E-state index in [1.165, 1.54) is 0 Å². The molecule has 0 saturated carbocycles. The summed E-state index contributed by atoms with van der Waals surface area (Å²) < 4.78 is 5.48. The van der Waals surface area contributed by atoms with E-state index in [4.69, 9.17) is 4.74 Å². The molecule has 0 aromatic heterocycles. The van der Waals surface area contributed by atoms with Crippen LogP contribution in [0.5, 0.6) is 5.75 Å². The van der Waals surface area contributed by atoms with E-state index in [1.54, 1.807) is 7.11 Å². The average Bonchev–Trinajstić information content (AvgIpc) is 3.35. The summed E-state index contributed by atoms with van der Waals surface area (Å²) in [6.07, 6.45) is 3.27. The second-order valence-electron chi connectivity index (χ2n) is 9.44. The maximum Gasteiger partial charge on any atom is 0.237 e. The SMILES string of the molecule is COc1cccc([C@@H]2N(C(=O)CC3CCN(C)CC3)CC[C@]23C(=O)Nc2ccccc23)c1. The number of carbonyl (C=O) groups is 2. The average molecular weight is 434 g/mol. The summed E-state index contributed by atoms with van der Waals surface area (Å²) in [5.74, 6) is 1.28. The van der Waals surface area contributed by atoms with E-state index in [1.807, 2.05) is 53.4 Å². The van der Waals surface area contributed by atoms with Crippen molar-refractivity contribution in [3.05, 3.63) is 59.7 Å². The Labute approximate surface area is 189 Å². The second-order valence-corrected chi connectivity index (χ2v) is 9.44. The Bertz CT molecular complexity index is 1030. The molecular formula is C26H31N3O3. The number of piperidine rings is 1. The van der Waals surface area contributed by atoms with Crippen LogP contribution >= 0.6 is 0 Å². The third-order valence-electron chi connectivity index (χ3n) is 7.62. The molecule has 6 nitrogen and oxygen atoms in total. The Morgan fingerprint density at radius 3 is 2.69 bits per heavy atom. The standard InChI is InChI=1S/C26H31N3O3/c1-28-13-10-18(11-14-28)16-23(30)29-15-12-26(21-8-3-4-9-22(21)27-25(26)31)24(29)19-6-5-7-20(17-19)32-2/h3-9,17-18,24H,10-16H2,1-2H3,(H,27,31)/t24-,26+/m0/s1. The molecule has 1 N–H and O–H groups in total. The summed E-state index contributed by atoms with van der Waals surface area (Å²) in [7, 11) is 3.78. The highest BCUT2D eigenvalue weighted by Crippen LogP contribution is 2.55. The predicted molar refractivity (Wildman–Crippen MR) is 124 cm³/mol. The molecule has 5 rings (SSSR count). The van der Waals surface area contributed by atoms with E-state index in [0.29, 0.717) is 25.3 Å². The van der Waals surface area contributed by atoms with Crippen LogP contribution in [0.25, 0.3) is 0 Å². The highest BCUT2D eigenvalue weighted by atomic mass is 16.5. The largest absolute Gasteiger partial charge is 0.497 e. The Morgan fingerprint density at radius 1 is 1.12 bits per heavy atom. The first-order chi connectivity index (χ1) is 15.5. The molecule has 0 aliphatic carbocycles. The van der Waals surface area contributed by atoms with Crippen LogP contribution in [0.4, 0.5) is 5.69 Å². The number of fused-ring (bicyclic) bond motifs is 2. The summed E-state index contributed by atoms with van der Waals surface area (Å²) in [6.45, 7) is 2.66. The minimum absolute atomic E-state index is 0.0129. The maximum atomic E-state index is 13.6. The second kappa shape index (κ2) is 8.24. The van der Waals surface area contributed by atoms with Crippen LogP contribution in [-0.4, -0.2) is 55.4 Å². The molecule has 0 radical (unpaired) electrons. The molecule has 32 heavy (non-hydrogen) atoms. The predicted octanol–water partition coefficient (Wildman–Crippen LogP) is 3.59. The van der Waals surface area contributed by atoms with Crippen LogP contribution in [0.1, 0.15) is 42.9 Å². The number of carbonyl (C=O) groups excluding carboxylic acids is 2. The van der Waals surface area contributed by atoms with Crippen molar-refractivity contribution in [1.29, 1.82) is 0 Å². The molecule has 3 heterocycles. The van der Waals surface area contributed by atoms with E-state index in [9.17, 15) is 9.59 Å². The van der Waals surface area contributed by atoms with Crippen molar-refractivity contribution < 1.29 is 14.3 Å². The number of likely N-dealkylation sites (tertiary alicyclic amines) is 2. The van der Waals surface area contributed by atoms with Crippen molar-refractivity contribution in [3.63, 3.8) is 0 Å². The van der Waals surface area contributed by atoms with Crippen molar-refractivity contribution in [2.45, 2.75) is 37.1 Å². The molecule has 2 aromatic rings. The number of amides is 2. The number of rotatable bonds is 4. The molecule has 0 unspecified atom stereocenters. The number of hydrogen-bond donors (Lipinski definition) is 1. The van der Waals surface area contributed by atoms with Gasteiger partial charge in [0, 0.05) is 18.7 Å². The maximum absolute atomic E-state index is 13.6. The van der Waals surface area contributed by atoms with Gasteiger partial charge in [0.25, 0.3) is 0 Å². The molecule has 2 aromatic carbocycles. The van der Waals surface area contributed by atoms with Gasteiger partial charge in [0.1, 0.15) is 11.2 Å². The van der Waals surface area contributed by atoms with Gasteiger partial charge in [-0.25, -0.2) is 0 Å². The van der Waals surface area contributed by atoms with Gasteiger partial charge in [0.15, 0.2) is 0 Å². The molecule has 6 heteroatoms. The monoisotopic (exact) mass is 433 g/mol. The number of nitrogens with one attached hydrogen (secondary N) is 1. The van der Waals surface area contributed by atoms with Gasteiger partial charge < -0.3 is 19.9 Å². The summed E-state index contributed by atoms with van der Waals surface area (Å²) in [4.78, 5) is 31.4. The van der Waals surface area contributed by atoms with Crippen molar-refractivity contribution in [2.24, 2.45) is 5.92 Å². The lowest BCUT2D eigenvalue weighted by atomic mass is 9.72. The number of benzene rings is 2. The first-order valence-electron chi connectivity index (χ1n) is 11.6. The molecular weight excluding hydrogens is 402 g/mol. The molecule has 3 aliphatic heterocycles. The zero-order chi connectivity index (χ0) is 22.3. The van der Waals surface area contributed by atoms with Gasteiger partial charge in [-0.05, 0) is 74.6 Å². The van der Waals surface area contributed by atoms with Gasteiger partial charge in [0.05, 0.1) is 13.2 Å². The first-order valence-corrected chi connectivity index (χ1v) is 11.6. The number of hydrogen-bond acceptors (Lipinski definition) is 4. The third kappa shape index (κ3) is 3.37. The van der Waals surface area contributed by atoms with Crippen LogP contribution in [0, 0.1) is 5.92 Å². The third-order valence-corrected chi connectivity index (χ3v) is 7.62. The number of anilines is 1. The van der Waals surface area contributed by atoms with Gasteiger partial charge in [-0.15, -0.1) is 0 Å². The van der Waals surface area contributed by atoms with Crippen LogP contribution < -0.4 is 10.1 Å². The van der Waals surface area contributed by atoms with Gasteiger partial charge in [-0.1, -0.05) is 30.3 Å². The van der Waals surface area contributed by atoms with Gasteiger partial charge in [-0.3, -0.25) is 9.59 Å². The molecule has 1 spiro atoms. The smallest absolute Gasteiger partial charge is 0.237 e. The highest BCUT2D eigenvalue weighted by Gasteiger charge is 2.59. The lowest BCUT2D eigenvalue weighted by Crippen LogP contribution is -2.43. The Kier molecular flexibility index (Phi) is 5.41. The summed E-state index contributed by atoms with van der Waals surface area (Å²) in [5.41, 5.74) is 2.03. The molecule has 2 fully saturated rings. The van der Waals surface area contributed by atoms with Crippen molar-refractivity contribution >= 4 is 17.5 Å².